The Morgan fingerprint density at radius 2 is 1.66 bits per heavy atom. The summed E-state index contributed by atoms with van der Waals surface area (Å²) in [6.07, 6.45) is 0. The van der Waals surface area contributed by atoms with Gasteiger partial charge in [-0.3, -0.25) is 9.59 Å². The van der Waals surface area contributed by atoms with Gasteiger partial charge in [-0.05, 0) is 62.5 Å². The number of anilines is 2. The fraction of sp³-hybridized carbons (Fsp3) is 0.179. The molecule has 35 heavy (non-hydrogen) atoms. The second-order valence-corrected chi connectivity index (χ2v) is 8.78. The van der Waals surface area contributed by atoms with E-state index in [0.717, 1.165) is 23.4 Å². The predicted octanol–water partition coefficient (Wildman–Crippen LogP) is 4.42. The molecule has 0 aliphatic heterocycles. The van der Waals surface area contributed by atoms with Gasteiger partial charge in [0.25, 0.3) is 11.5 Å². The predicted molar refractivity (Wildman–Crippen MR) is 140 cm³/mol. The van der Waals surface area contributed by atoms with Crippen molar-refractivity contribution in [1.82, 2.24) is 14.7 Å². The molecule has 4 aromatic rings. The lowest BCUT2D eigenvalue weighted by Crippen LogP contribution is -2.26. The zero-order chi connectivity index (χ0) is 24.9. The molecule has 0 unspecified atom stereocenters. The van der Waals surface area contributed by atoms with Crippen molar-refractivity contribution in [2.75, 3.05) is 25.1 Å². The number of rotatable bonds is 7. The minimum absolute atomic E-state index is 0.188. The van der Waals surface area contributed by atoms with Crippen molar-refractivity contribution in [3.63, 3.8) is 0 Å². The number of aromatic nitrogens is 2. The molecular weight excluding hydrogens is 438 g/mol. The molecule has 0 aliphatic carbocycles. The van der Waals surface area contributed by atoms with Gasteiger partial charge in [-0.25, -0.2) is 4.68 Å². The first-order chi connectivity index (χ1) is 16.8. The molecule has 178 valence electrons. The number of amides is 1. The zero-order valence-corrected chi connectivity index (χ0v) is 20.1. The van der Waals surface area contributed by atoms with Crippen molar-refractivity contribution in [3.8, 4) is 11.3 Å². The molecule has 0 fully saturated rings. The highest BCUT2D eigenvalue weighted by atomic mass is 16.1. The van der Waals surface area contributed by atoms with Crippen LogP contribution in [-0.2, 0) is 6.54 Å². The number of carbonyl (C=O) groups excluding carboxylic acids is 1. The quantitative estimate of drug-likeness (QED) is 0.393. The Morgan fingerprint density at radius 3 is 2.31 bits per heavy atom. The fourth-order valence-electron chi connectivity index (χ4n) is 3.86. The summed E-state index contributed by atoms with van der Waals surface area (Å²) >= 11 is 0. The largest absolute Gasteiger partial charge is 0.397 e. The molecule has 0 bridgehead atoms. The maximum absolute atomic E-state index is 12.6. The van der Waals surface area contributed by atoms with Crippen LogP contribution in [0.25, 0.3) is 11.3 Å². The second kappa shape index (κ2) is 10.4. The van der Waals surface area contributed by atoms with Gasteiger partial charge in [0.1, 0.15) is 0 Å². The molecule has 7 nitrogen and oxygen atoms in total. The van der Waals surface area contributed by atoms with Gasteiger partial charge in [-0.2, -0.15) is 5.10 Å². The summed E-state index contributed by atoms with van der Waals surface area (Å²) in [6.45, 7) is 2.77. The lowest BCUT2D eigenvalue weighted by molar-refractivity contribution is 0.102. The van der Waals surface area contributed by atoms with Crippen molar-refractivity contribution < 1.29 is 4.79 Å². The van der Waals surface area contributed by atoms with Crippen LogP contribution in [0.15, 0.2) is 89.7 Å². The number of hydrogen-bond donors (Lipinski definition) is 2. The van der Waals surface area contributed by atoms with Gasteiger partial charge in [0.15, 0.2) is 0 Å². The average Bonchev–Trinajstić information content (AvgIpc) is 2.85. The summed E-state index contributed by atoms with van der Waals surface area (Å²) in [5.74, 6) is -0.253. The summed E-state index contributed by atoms with van der Waals surface area (Å²) in [5.41, 5.74) is 11.0. The van der Waals surface area contributed by atoms with Crippen molar-refractivity contribution in [1.29, 1.82) is 0 Å². The Hall–Kier alpha value is -4.23. The van der Waals surface area contributed by atoms with E-state index < -0.39 is 0 Å². The first-order valence-electron chi connectivity index (χ1n) is 11.4. The molecule has 0 spiro atoms. The standard InChI is InChI=1S/C28H29N5O2/c1-19(21-12-14-23(15-13-21)28(35)30-26-7-5-4-6-24(26)29)33-27(34)17-16-25(31-33)22-10-8-20(9-11-22)18-32(2)3/h4-17,19H,18,29H2,1-3H3,(H,30,35)/t19-/m1/s1. The van der Waals surface area contributed by atoms with Crippen molar-refractivity contribution in [3.05, 3.63) is 112 Å². The van der Waals surface area contributed by atoms with Crippen LogP contribution in [-0.4, -0.2) is 34.7 Å². The van der Waals surface area contributed by atoms with E-state index in [9.17, 15) is 9.59 Å². The molecule has 0 aliphatic rings. The molecule has 3 N–H and O–H groups in total. The third kappa shape index (κ3) is 5.65. The van der Waals surface area contributed by atoms with E-state index in [1.165, 1.54) is 10.2 Å². The van der Waals surface area contributed by atoms with Crippen molar-refractivity contribution in [2.45, 2.75) is 19.5 Å². The average molecular weight is 468 g/mol. The van der Waals surface area contributed by atoms with E-state index >= 15 is 0 Å². The first kappa shape index (κ1) is 23.9. The van der Waals surface area contributed by atoms with Crippen LogP contribution in [0.3, 0.4) is 0 Å². The molecule has 1 aromatic heterocycles. The van der Waals surface area contributed by atoms with Crippen LogP contribution in [0.5, 0.6) is 0 Å². The summed E-state index contributed by atoms with van der Waals surface area (Å²) in [6, 6.07) is 25.4. The Morgan fingerprint density at radius 1 is 0.971 bits per heavy atom. The maximum Gasteiger partial charge on any atom is 0.267 e. The fourth-order valence-corrected chi connectivity index (χ4v) is 3.86. The third-order valence-electron chi connectivity index (χ3n) is 5.80. The molecule has 4 rings (SSSR count). The van der Waals surface area contributed by atoms with Gasteiger partial charge in [0, 0.05) is 23.7 Å². The highest BCUT2D eigenvalue weighted by Crippen LogP contribution is 2.22. The molecule has 1 heterocycles. The lowest BCUT2D eigenvalue weighted by atomic mass is 10.1. The molecule has 7 heteroatoms. The van der Waals surface area contributed by atoms with E-state index in [2.05, 4.69) is 27.4 Å². The van der Waals surface area contributed by atoms with Gasteiger partial charge >= 0.3 is 0 Å². The minimum atomic E-state index is -0.308. The molecule has 0 saturated carbocycles. The van der Waals surface area contributed by atoms with E-state index in [-0.39, 0.29) is 17.5 Å². The maximum atomic E-state index is 12.6. The lowest BCUT2D eigenvalue weighted by Gasteiger charge is -2.16. The summed E-state index contributed by atoms with van der Waals surface area (Å²) in [7, 11) is 4.07. The van der Waals surface area contributed by atoms with Crippen molar-refractivity contribution in [2.24, 2.45) is 0 Å². The van der Waals surface area contributed by atoms with Gasteiger partial charge in [-0.1, -0.05) is 48.5 Å². The normalized spacial score (nSPS) is 11.9. The molecular formula is C28H29N5O2. The number of nitrogen functional groups attached to an aromatic ring is 1. The van der Waals surface area contributed by atoms with Crippen LogP contribution in [0.2, 0.25) is 0 Å². The minimum Gasteiger partial charge on any atom is -0.397 e. The highest BCUT2D eigenvalue weighted by Gasteiger charge is 2.14. The summed E-state index contributed by atoms with van der Waals surface area (Å²) in [5, 5.41) is 7.45. The van der Waals surface area contributed by atoms with E-state index in [0.29, 0.717) is 16.9 Å². The number of nitrogens with two attached hydrogens (primary N) is 1. The van der Waals surface area contributed by atoms with Gasteiger partial charge in [-0.15, -0.1) is 0 Å². The molecule has 0 saturated heterocycles. The number of hydrogen-bond acceptors (Lipinski definition) is 5. The third-order valence-corrected chi connectivity index (χ3v) is 5.80. The van der Waals surface area contributed by atoms with Crippen LogP contribution >= 0.6 is 0 Å². The highest BCUT2D eigenvalue weighted by molar-refractivity contribution is 6.05. The smallest absolute Gasteiger partial charge is 0.267 e. The molecule has 1 amide bonds. The van der Waals surface area contributed by atoms with Crippen LogP contribution in [0.1, 0.15) is 34.5 Å². The molecule has 0 radical (unpaired) electrons. The van der Waals surface area contributed by atoms with Crippen molar-refractivity contribution >= 4 is 17.3 Å². The van der Waals surface area contributed by atoms with E-state index in [1.54, 1.807) is 36.4 Å². The Balaban J connectivity index is 1.53. The second-order valence-electron chi connectivity index (χ2n) is 8.78. The van der Waals surface area contributed by atoms with E-state index in [4.69, 9.17) is 5.73 Å². The van der Waals surface area contributed by atoms with Crippen LogP contribution in [0.4, 0.5) is 11.4 Å². The Labute approximate surface area is 204 Å². The Bertz CT molecular complexity index is 1380. The first-order valence-corrected chi connectivity index (χ1v) is 11.4. The van der Waals surface area contributed by atoms with Crippen LogP contribution in [0, 0.1) is 0 Å². The number of nitrogens with zero attached hydrogens (tertiary/aromatic N) is 3. The van der Waals surface area contributed by atoms with Crippen LogP contribution < -0.4 is 16.6 Å². The molecule has 1 atom stereocenters. The molecule has 3 aromatic carbocycles. The number of nitrogens with one attached hydrogen (secondary N) is 1. The van der Waals surface area contributed by atoms with Gasteiger partial charge in [0.2, 0.25) is 0 Å². The topological polar surface area (TPSA) is 93.2 Å². The number of para-hydroxylation sites is 2. The summed E-state index contributed by atoms with van der Waals surface area (Å²) < 4.78 is 1.48. The Kier molecular flexibility index (Phi) is 7.08. The van der Waals surface area contributed by atoms with Gasteiger partial charge < -0.3 is 16.0 Å². The number of benzene rings is 3. The number of carbonyl (C=O) groups is 1. The summed E-state index contributed by atoms with van der Waals surface area (Å²) in [4.78, 5) is 27.4. The SMILES string of the molecule is C[C@H](c1ccc(C(=O)Nc2ccccc2N)cc1)n1nc(-c2ccc(CN(C)C)cc2)ccc1=O. The zero-order valence-electron chi connectivity index (χ0n) is 20.1. The van der Waals surface area contributed by atoms with Gasteiger partial charge in [0.05, 0.1) is 23.1 Å². The van der Waals surface area contributed by atoms with E-state index in [1.807, 2.05) is 57.4 Å². The monoisotopic (exact) mass is 467 g/mol.